The van der Waals surface area contributed by atoms with Gasteiger partial charge in [0, 0.05) is 39.3 Å². The second-order valence-electron chi connectivity index (χ2n) is 5.44. The lowest BCUT2D eigenvalue weighted by Gasteiger charge is -2.36. The fraction of sp³-hybridized carbons (Fsp3) is 0.615. The van der Waals surface area contributed by atoms with Gasteiger partial charge in [0.2, 0.25) is 0 Å². The van der Waals surface area contributed by atoms with Gasteiger partial charge in [-0.1, -0.05) is 0 Å². The van der Waals surface area contributed by atoms with E-state index in [1.54, 1.807) is 20.9 Å². The Morgan fingerprint density at radius 1 is 0.952 bits per heavy atom. The highest BCUT2D eigenvalue weighted by Gasteiger charge is 2.33. The van der Waals surface area contributed by atoms with Crippen LogP contribution in [-0.4, -0.2) is 61.3 Å². The largest absolute Gasteiger partial charge is 0.384 e. The first kappa shape index (κ1) is 14.6. The molecule has 2 N–H and O–H groups in total. The average molecular weight is 311 g/mol. The van der Waals surface area contributed by atoms with Gasteiger partial charge in [-0.15, -0.1) is 0 Å². The number of anilines is 2. The molecule has 8 heteroatoms. The summed E-state index contributed by atoms with van der Waals surface area (Å²) in [5.41, 5.74) is 6.57. The second-order valence-corrected chi connectivity index (χ2v) is 7.37. The van der Waals surface area contributed by atoms with Gasteiger partial charge in [-0.2, -0.15) is 17.0 Å². The lowest BCUT2D eigenvalue weighted by Crippen LogP contribution is -2.52. The minimum Gasteiger partial charge on any atom is -0.384 e. The van der Waals surface area contributed by atoms with Gasteiger partial charge in [-0.25, -0.2) is 4.98 Å². The van der Waals surface area contributed by atoms with Crippen LogP contribution in [0.25, 0.3) is 0 Å². The fourth-order valence-electron chi connectivity index (χ4n) is 2.84. The topological polar surface area (TPSA) is 82.8 Å². The first-order valence-corrected chi connectivity index (χ1v) is 8.69. The van der Waals surface area contributed by atoms with Crippen molar-refractivity contribution in [2.75, 3.05) is 49.9 Å². The molecule has 2 fully saturated rings. The standard InChI is InChI=1S/C13H21N5O2S/c14-13-4-3-12(11-15-13)16-7-9-18(10-8-16)21(19,20)17-5-1-2-6-17/h3-4,11H,1-2,5-10H2,(H2,14,15). The van der Waals surface area contributed by atoms with Gasteiger partial charge in [-0.3, -0.25) is 0 Å². The van der Waals surface area contributed by atoms with E-state index in [1.807, 2.05) is 6.07 Å². The summed E-state index contributed by atoms with van der Waals surface area (Å²) < 4.78 is 28.2. The number of nitrogens with two attached hydrogens (primary N) is 1. The third kappa shape index (κ3) is 2.97. The molecule has 0 atom stereocenters. The maximum Gasteiger partial charge on any atom is 0.282 e. The zero-order valence-corrected chi connectivity index (χ0v) is 12.8. The zero-order valence-electron chi connectivity index (χ0n) is 12.0. The molecule has 7 nitrogen and oxygen atoms in total. The SMILES string of the molecule is Nc1ccc(N2CCN(S(=O)(=O)N3CCCC3)CC2)cn1. The predicted octanol–water partition coefficient (Wildman–Crippen LogP) is 0.126. The Hall–Kier alpha value is -1.38. The fourth-order valence-corrected chi connectivity index (χ4v) is 4.51. The maximum atomic E-state index is 12.5. The number of rotatable bonds is 3. The van der Waals surface area contributed by atoms with Gasteiger partial charge in [0.15, 0.2) is 0 Å². The Bertz CT molecular complexity index is 575. The van der Waals surface area contributed by atoms with Crippen molar-refractivity contribution in [3.05, 3.63) is 18.3 Å². The van der Waals surface area contributed by atoms with Crippen molar-refractivity contribution < 1.29 is 8.42 Å². The van der Waals surface area contributed by atoms with E-state index in [0.29, 0.717) is 45.1 Å². The molecule has 0 saturated carbocycles. The Balaban J connectivity index is 1.63. The number of hydrogen-bond acceptors (Lipinski definition) is 5. The number of pyridine rings is 1. The van der Waals surface area contributed by atoms with Crippen LogP contribution in [0, 0.1) is 0 Å². The van der Waals surface area contributed by atoms with E-state index in [0.717, 1.165) is 18.5 Å². The molecular weight excluding hydrogens is 290 g/mol. The summed E-state index contributed by atoms with van der Waals surface area (Å²) in [5, 5.41) is 0. The highest BCUT2D eigenvalue weighted by Crippen LogP contribution is 2.21. The summed E-state index contributed by atoms with van der Waals surface area (Å²) in [6.07, 6.45) is 3.67. The van der Waals surface area contributed by atoms with Crippen LogP contribution < -0.4 is 10.6 Å². The highest BCUT2D eigenvalue weighted by atomic mass is 32.2. The molecule has 0 amide bonds. The van der Waals surface area contributed by atoms with Gasteiger partial charge in [0.05, 0.1) is 11.9 Å². The quantitative estimate of drug-likeness (QED) is 0.858. The van der Waals surface area contributed by atoms with E-state index >= 15 is 0 Å². The predicted molar refractivity (Wildman–Crippen MR) is 82.2 cm³/mol. The summed E-state index contributed by atoms with van der Waals surface area (Å²) in [5.74, 6) is 0.494. The van der Waals surface area contributed by atoms with Crippen molar-refractivity contribution in [2.45, 2.75) is 12.8 Å². The molecule has 0 aliphatic carbocycles. The third-order valence-electron chi connectivity index (χ3n) is 4.09. The van der Waals surface area contributed by atoms with Crippen LogP contribution in [0.2, 0.25) is 0 Å². The van der Waals surface area contributed by atoms with Crippen LogP contribution in [0.4, 0.5) is 11.5 Å². The highest BCUT2D eigenvalue weighted by molar-refractivity contribution is 7.86. The van der Waals surface area contributed by atoms with Gasteiger partial charge in [-0.05, 0) is 25.0 Å². The van der Waals surface area contributed by atoms with Crippen molar-refractivity contribution in [3.63, 3.8) is 0 Å². The Morgan fingerprint density at radius 2 is 1.57 bits per heavy atom. The Morgan fingerprint density at radius 3 is 2.14 bits per heavy atom. The van der Waals surface area contributed by atoms with Crippen molar-refractivity contribution in [3.8, 4) is 0 Å². The van der Waals surface area contributed by atoms with E-state index in [4.69, 9.17) is 5.73 Å². The first-order valence-electron chi connectivity index (χ1n) is 7.29. The van der Waals surface area contributed by atoms with Gasteiger partial charge in [0.1, 0.15) is 5.82 Å². The molecule has 21 heavy (non-hydrogen) atoms. The van der Waals surface area contributed by atoms with Crippen LogP contribution in [0.15, 0.2) is 18.3 Å². The summed E-state index contributed by atoms with van der Waals surface area (Å²) >= 11 is 0. The van der Waals surface area contributed by atoms with Crippen LogP contribution in [0.3, 0.4) is 0 Å². The molecule has 2 aliphatic rings. The Kier molecular flexibility index (Phi) is 4.01. The van der Waals surface area contributed by atoms with E-state index in [2.05, 4.69) is 9.88 Å². The second kappa shape index (κ2) is 5.78. The van der Waals surface area contributed by atoms with Gasteiger partial charge < -0.3 is 10.6 Å². The van der Waals surface area contributed by atoms with Gasteiger partial charge in [0.25, 0.3) is 10.2 Å². The minimum atomic E-state index is -3.27. The van der Waals surface area contributed by atoms with Crippen molar-refractivity contribution in [1.29, 1.82) is 0 Å². The molecule has 0 aromatic carbocycles. The summed E-state index contributed by atoms with van der Waals surface area (Å²) in [4.78, 5) is 6.22. The molecule has 0 spiro atoms. The molecule has 1 aromatic heterocycles. The van der Waals surface area contributed by atoms with E-state index in [-0.39, 0.29) is 0 Å². The van der Waals surface area contributed by atoms with Crippen molar-refractivity contribution in [2.24, 2.45) is 0 Å². The first-order chi connectivity index (χ1) is 10.1. The number of nitrogen functional groups attached to an aromatic ring is 1. The summed E-state index contributed by atoms with van der Waals surface area (Å²) in [7, 11) is -3.27. The molecule has 2 aliphatic heterocycles. The molecule has 1 aromatic rings. The molecule has 116 valence electrons. The van der Waals surface area contributed by atoms with E-state index in [9.17, 15) is 8.42 Å². The molecule has 2 saturated heterocycles. The number of aromatic nitrogens is 1. The van der Waals surface area contributed by atoms with E-state index < -0.39 is 10.2 Å². The minimum absolute atomic E-state index is 0.494. The van der Waals surface area contributed by atoms with Crippen LogP contribution in [0.5, 0.6) is 0 Å². The van der Waals surface area contributed by atoms with Crippen LogP contribution >= 0.6 is 0 Å². The summed E-state index contributed by atoms with van der Waals surface area (Å²) in [6.45, 7) is 3.71. The third-order valence-corrected chi connectivity index (χ3v) is 6.13. The monoisotopic (exact) mass is 311 g/mol. The molecule has 3 rings (SSSR count). The van der Waals surface area contributed by atoms with Gasteiger partial charge >= 0.3 is 0 Å². The normalized spacial score (nSPS) is 21.8. The van der Waals surface area contributed by atoms with Crippen LogP contribution in [0.1, 0.15) is 12.8 Å². The molecule has 3 heterocycles. The van der Waals surface area contributed by atoms with Crippen molar-refractivity contribution in [1.82, 2.24) is 13.6 Å². The number of hydrogen-bond donors (Lipinski definition) is 1. The van der Waals surface area contributed by atoms with Crippen molar-refractivity contribution >= 4 is 21.7 Å². The molecule has 0 radical (unpaired) electrons. The summed E-state index contributed by atoms with van der Waals surface area (Å²) in [6, 6.07) is 3.69. The molecule has 0 unspecified atom stereocenters. The molecule has 0 bridgehead atoms. The number of nitrogens with zero attached hydrogens (tertiary/aromatic N) is 4. The van der Waals surface area contributed by atoms with Crippen LogP contribution in [-0.2, 0) is 10.2 Å². The smallest absolute Gasteiger partial charge is 0.282 e. The average Bonchev–Trinajstić information content (AvgIpc) is 3.03. The lowest BCUT2D eigenvalue weighted by molar-refractivity contribution is 0.343. The maximum absolute atomic E-state index is 12.5. The lowest BCUT2D eigenvalue weighted by atomic mass is 10.3. The zero-order chi connectivity index (χ0) is 14.9. The Labute approximate surface area is 125 Å². The van der Waals surface area contributed by atoms with E-state index in [1.165, 1.54) is 0 Å². The number of piperazine rings is 1. The molecular formula is C13H21N5O2S.